The van der Waals surface area contributed by atoms with Crippen LogP contribution in [0.25, 0.3) is 31.9 Å². The van der Waals surface area contributed by atoms with E-state index in [0.717, 1.165) is 23.9 Å². The van der Waals surface area contributed by atoms with Crippen LogP contribution in [0.15, 0.2) is 31.8 Å². The molecular formula is C22H22Br2N2S3. The highest BCUT2D eigenvalue weighted by molar-refractivity contribution is 9.11. The number of aromatic nitrogens is 2. The van der Waals surface area contributed by atoms with Crippen molar-refractivity contribution in [1.82, 2.24) is 8.75 Å². The van der Waals surface area contributed by atoms with Crippen LogP contribution in [0.4, 0.5) is 0 Å². The lowest BCUT2D eigenvalue weighted by Gasteiger charge is -2.10. The summed E-state index contributed by atoms with van der Waals surface area (Å²) in [6, 6.07) is 9.01. The zero-order valence-corrected chi connectivity index (χ0v) is 22.4. The lowest BCUT2D eigenvalue weighted by atomic mass is 9.97. The van der Waals surface area contributed by atoms with Crippen molar-refractivity contribution in [2.24, 2.45) is 11.8 Å². The molecule has 0 saturated carbocycles. The van der Waals surface area contributed by atoms with Gasteiger partial charge in [-0.3, -0.25) is 0 Å². The van der Waals surface area contributed by atoms with Gasteiger partial charge in [-0.2, -0.15) is 8.75 Å². The van der Waals surface area contributed by atoms with Crippen LogP contribution in [0.3, 0.4) is 0 Å². The average molecular weight is 570 g/mol. The maximum atomic E-state index is 4.72. The molecule has 0 atom stereocenters. The standard InChI is InChI=1S/C22H22Br2N2S3/c1-11(2)7-13-9-17(23)27-21(13)15-5-6-16(20-19(15)25-29-26-20)22-14(8-12(3)4)10-18(24)28-22/h5-6,9-12H,7-8H2,1-4H3. The summed E-state index contributed by atoms with van der Waals surface area (Å²) in [5, 5.41) is 0. The van der Waals surface area contributed by atoms with E-state index in [1.54, 1.807) is 22.7 Å². The number of nitrogens with zero attached hydrogens (tertiary/aromatic N) is 2. The van der Waals surface area contributed by atoms with Crippen LogP contribution in [0.2, 0.25) is 0 Å². The first-order chi connectivity index (χ1) is 13.8. The second-order valence-corrected chi connectivity index (χ2v) is 13.5. The first kappa shape index (κ1) is 21.6. The number of rotatable bonds is 6. The molecule has 4 aromatic rings. The van der Waals surface area contributed by atoms with Crippen molar-refractivity contribution < 1.29 is 0 Å². The van der Waals surface area contributed by atoms with Crippen molar-refractivity contribution in [3.05, 3.63) is 43.0 Å². The Morgan fingerprint density at radius 3 is 1.55 bits per heavy atom. The molecule has 29 heavy (non-hydrogen) atoms. The third-order valence-electron chi connectivity index (χ3n) is 4.72. The average Bonchev–Trinajstić information content (AvgIpc) is 3.32. The van der Waals surface area contributed by atoms with E-state index < -0.39 is 0 Å². The quantitative estimate of drug-likeness (QED) is 0.231. The van der Waals surface area contributed by atoms with Gasteiger partial charge in [0.15, 0.2) is 0 Å². The summed E-state index contributed by atoms with van der Waals surface area (Å²) >= 11 is 12.3. The lowest BCUT2D eigenvalue weighted by molar-refractivity contribution is 0.649. The molecule has 7 heteroatoms. The molecule has 0 aliphatic carbocycles. The Labute approximate surface area is 201 Å². The summed E-state index contributed by atoms with van der Waals surface area (Å²) in [6.07, 6.45) is 2.13. The molecule has 2 nitrogen and oxygen atoms in total. The van der Waals surface area contributed by atoms with Gasteiger partial charge in [0.25, 0.3) is 0 Å². The first-order valence-corrected chi connectivity index (χ1v) is 13.6. The Morgan fingerprint density at radius 2 is 1.17 bits per heavy atom. The van der Waals surface area contributed by atoms with Gasteiger partial charge in [0.1, 0.15) is 11.0 Å². The van der Waals surface area contributed by atoms with Crippen LogP contribution in [0, 0.1) is 11.8 Å². The fourth-order valence-electron chi connectivity index (χ4n) is 3.66. The van der Waals surface area contributed by atoms with E-state index in [0.29, 0.717) is 11.8 Å². The summed E-state index contributed by atoms with van der Waals surface area (Å²) in [6.45, 7) is 9.07. The van der Waals surface area contributed by atoms with E-state index in [4.69, 9.17) is 8.75 Å². The van der Waals surface area contributed by atoms with E-state index in [-0.39, 0.29) is 0 Å². The number of benzene rings is 1. The second-order valence-electron chi connectivity index (χ2n) is 8.13. The van der Waals surface area contributed by atoms with Crippen LogP contribution in [0.1, 0.15) is 38.8 Å². The summed E-state index contributed by atoms with van der Waals surface area (Å²) in [5.41, 5.74) is 7.21. The van der Waals surface area contributed by atoms with Gasteiger partial charge in [0.2, 0.25) is 0 Å². The van der Waals surface area contributed by atoms with Gasteiger partial charge in [-0.25, -0.2) is 0 Å². The van der Waals surface area contributed by atoms with Crippen molar-refractivity contribution in [1.29, 1.82) is 0 Å². The molecule has 0 N–H and O–H groups in total. The largest absolute Gasteiger partial charge is 0.172 e. The first-order valence-electron chi connectivity index (χ1n) is 9.66. The number of fused-ring (bicyclic) bond motifs is 1. The Morgan fingerprint density at radius 1 is 0.759 bits per heavy atom. The van der Waals surface area contributed by atoms with E-state index in [1.807, 2.05) is 0 Å². The smallest absolute Gasteiger partial charge is 0.114 e. The highest BCUT2D eigenvalue weighted by Gasteiger charge is 2.21. The molecule has 0 aliphatic heterocycles. The molecule has 3 aromatic heterocycles. The van der Waals surface area contributed by atoms with Gasteiger partial charge < -0.3 is 0 Å². The molecule has 0 amide bonds. The van der Waals surface area contributed by atoms with Gasteiger partial charge in [-0.05, 0) is 79.8 Å². The maximum Gasteiger partial charge on any atom is 0.114 e. The van der Waals surface area contributed by atoms with Crippen LogP contribution >= 0.6 is 66.3 Å². The lowest BCUT2D eigenvalue weighted by Crippen LogP contribution is -1.95. The number of thiophene rings is 2. The minimum absolute atomic E-state index is 0.612. The molecule has 0 spiro atoms. The molecule has 152 valence electrons. The highest BCUT2D eigenvalue weighted by Crippen LogP contribution is 2.44. The van der Waals surface area contributed by atoms with Crippen molar-refractivity contribution in [3.63, 3.8) is 0 Å². The van der Waals surface area contributed by atoms with E-state index in [9.17, 15) is 0 Å². The van der Waals surface area contributed by atoms with Crippen molar-refractivity contribution in [2.75, 3.05) is 0 Å². The molecule has 0 fully saturated rings. The van der Waals surface area contributed by atoms with E-state index in [2.05, 4.69) is 83.8 Å². The van der Waals surface area contributed by atoms with E-state index >= 15 is 0 Å². The van der Waals surface area contributed by atoms with Crippen LogP contribution in [0.5, 0.6) is 0 Å². The van der Waals surface area contributed by atoms with Crippen molar-refractivity contribution >= 4 is 77.3 Å². The Balaban J connectivity index is 1.87. The predicted molar refractivity (Wildman–Crippen MR) is 137 cm³/mol. The third-order valence-corrected chi connectivity index (χ3v) is 8.67. The minimum Gasteiger partial charge on any atom is -0.172 e. The Kier molecular flexibility index (Phi) is 6.61. The summed E-state index contributed by atoms with van der Waals surface area (Å²) in [7, 11) is 0. The number of hydrogen-bond donors (Lipinski definition) is 0. The van der Waals surface area contributed by atoms with Crippen LogP contribution in [-0.4, -0.2) is 8.75 Å². The van der Waals surface area contributed by atoms with E-state index in [1.165, 1.54) is 51.3 Å². The fourth-order valence-corrected chi connectivity index (χ4v) is 7.65. The van der Waals surface area contributed by atoms with Gasteiger partial charge >= 0.3 is 0 Å². The van der Waals surface area contributed by atoms with Gasteiger partial charge in [0, 0.05) is 20.9 Å². The topological polar surface area (TPSA) is 25.8 Å². The van der Waals surface area contributed by atoms with Crippen LogP contribution in [-0.2, 0) is 12.8 Å². The molecule has 4 rings (SSSR count). The predicted octanol–water partition coefficient (Wildman–Crippen LogP) is 9.07. The van der Waals surface area contributed by atoms with Crippen molar-refractivity contribution in [3.8, 4) is 20.9 Å². The molecule has 0 bridgehead atoms. The zero-order chi connectivity index (χ0) is 20.7. The molecular weight excluding hydrogens is 548 g/mol. The van der Waals surface area contributed by atoms with Crippen LogP contribution < -0.4 is 0 Å². The Hall–Kier alpha value is -0.600. The fraction of sp³-hybridized carbons (Fsp3) is 0.364. The summed E-state index contributed by atoms with van der Waals surface area (Å²) < 4.78 is 11.8. The van der Waals surface area contributed by atoms with Crippen molar-refractivity contribution in [2.45, 2.75) is 40.5 Å². The molecule has 1 aromatic carbocycles. The SMILES string of the molecule is CC(C)Cc1cc(Br)sc1-c1ccc(-c2sc(Br)cc2CC(C)C)c2nsnc12. The third kappa shape index (κ3) is 4.54. The molecule has 3 heterocycles. The molecule has 0 saturated heterocycles. The monoisotopic (exact) mass is 568 g/mol. The highest BCUT2D eigenvalue weighted by atomic mass is 79.9. The molecule has 0 unspecified atom stereocenters. The van der Waals surface area contributed by atoms with Gasteiger partial charge in [0.05, 0.1) is 19.3 Å². The minimum atomic E-state index is 0.612. The summed E-state index contributed by atoms with van der Waals surface area (Å²) in [5.74, 6) is 1.22. The number of halogens is 2. The number of hydrogen-bond acceptors (Lipinski definition) is 5. The Bertz CT molecular complexity index is 1070. The van der Waals surface area contributed by atoms with Gasteiger partial charge in [-0.15, -0.1) is 22.7 Å². The van der Waals surface area contributed by atoms with Gasteiger partial charge in [-0.1, -0.05) is 39.8 Å². The maximum absolute atomic E-state index is 4.72. The zero-order valence-electron chi connectivity index (χ0n) is 16.8. The molecule has 0 radical (unpaired) electrons. The summed E-state index contributed by atoms with van der Waals surface area (Å²) in [4.78, 5) is 2.62. The molecule has 0 aliphatic rings. The normalized spacial score (nSPS) is 12.0. The second kappa shape index (κ2) is 8.87.